The predicted octanol–water partition coefficient (Wildman–Crippen LogP) is 2.45. The Labute approximate surface area is 176 Å². The maximum absolute atomic E-state index is 12.3. The third-order valence-electron chi connectivity index (χ3n) is 4.64. The van der Waals surface area contributed by atoms with Gasteiger partial charge in [-0.15, -0.1) is 0 Å². The molecule has 1 saturated heterocycles. The number of rotatable bonds is 6. The van der Waals surface area contributed by atoms with E-state index in [9.17, 15) is 13.6 Å². The molecule has 0 saturated carbocycles. The molecule has 0 atom stereocenters. The summed E-state index contributed by atoms with van der Waals surface area (Å²) in [5.74, 6) is 0.803. The number of aromatic nitrogens is 4. The van der Waals surface area contributed by atoms with E-state index in [4.69, 9.17) is 0 Å². The maximum atomic E-state index is 12.3. The van der Waals surface area contributed by atoms with Gasteiger partial charge in [0.2, 0.25) is 11.8 Å². The van der Waals surface area contributed by atoms with Crippen molar-refractivity contribution in [2.75, 3.05) is 41.3 Å². The minimum Gasteiger partial charge on any atom is -0.417 e. The molecule has 31 heavy (non-hydrogen) atoms. The lowest BCUT2D eigenvalue weighted by molar-refractivity contribution is -0.0528. The van der Waals surface area contributed by atoms with Crippen LogP contribution in [0.5, 0.6) is 5.88 Å². The van der Waals surface area contributed by atoms with Gasteiger partial charge in [0.1, 0.15) is 5.82 Å². The van der Waals surface area contributed by atoms with Crippen molar-refractivity contribution in [1.82, 2.24) is 19.9 Å². The van der Waals surface area contributed by atoms with Crippen molar-refractivity contribution < 1.29 is 18.3 Å². The van der Waals surface area contributed by atoms with E-state index in [-0.39, 0.29) is 11.4 Å². The average molecular weight is 427 g/mol. The molecule has 0 radical (unpaired) electrons. The molecule has 1 N–H and O–H groups in total. The highest BCUT2D eigenvalue weighted by atomic mass is 19.3. The molecule has 0 unspecified atom stereocenters. The van der Waals surface area contributed by atoms with Gasteiger partial charge in [-0.05, 0) is 18.2 Å². The molecule has 1 amide bonds. The monoisotopic (exact) mass is 427 g/mol. The third kappa shape index (κ3) is 5.18. The molecule has 1 aliphatic rings. The number of carbonyl (C=O) groups is 1. The maximum Gasteiger partial charge on any atom is 0.388 e. The molecular weight excluding hydrogens is 408 g/mol. The van der Waals surface area contributed by atoms with Crippen LogP contribution >= 0.6 is 0 Å². The molecular formula is C20H19F2N7O2. The molecule has 11 heteroatoms. The number of ether oxygens (including phenoxy) is 1. The summed E-state index contributed by atoms with van der Waals surface area (Å²) in [6.07, 6.45) is 5.98. The van der Waals surface area contributed by atoms with Gasteiger partial charge in [-0.2, -0.15) is 8.78 Å². The zero-order valence-corrected chi connectivity index (χ0v) is 16.4. The van der Waals surface area contributed by atoms with E-state index in [1.807, 2.05) is 18.2 Å². The first-order chi connectivity index (χ1) is 15.1. The van der Waals surface area contributed by atoms with Gasteiger partial charge in [-0.3, -0.25) is 4.79 Å². The highest BCUT2D eigenvalue weighted by Crippen LogP contribution is 2.17. The Morgan fingerprint density at radius 1 is 0.935 bits per heavy atom. The van der Waals surface area contributed by atoms with Crippen molar-refractivity contribution in [2.45, 2.75) is 6.61 Å². The van der Waals surface area contributed by atoms with Crippen molar-refractivity contribution in [3.05, 3.63) is 60.7 Å². The Balaban J connectivity index is 1.32. The number of pyridine rings is 2. The molecule has 9 nitrogen and oxygen atoms in total. The molecule has 4 rings (SSSR count). The van der Waals surface area contributed by atoms with Crippen LogP contribution in [0.15, 0.2) is 55.1 Å². The van der Waals surface area contributed by atoms with Gasteiger partial charge in [0, 0.05) is 44.6 Å². The van der Waals surface area contributed by atoms with Crippen LogP contribution < -0.4 is 19.9 Å². The number of hydrogen-bond donors (Lipinski definition) is 1. The van der Waals surface area contributed by atoms with Gasteiger partial charge in [0.25, 0.3) is 5.91 Å². The smallest absolute Gasteiger partial charge is 0.388 e. The van der Waals surface area contributed by atoms with E-state index < -0.39 is 12.5 Å². The van der Waals surface area contributed by atoms with Gasteiger partial charge < -0.3 is 19.9 Å². The first-order valence-electron chi connectivity index (χ1n) is 9.54. The fourth-order valence-corrected chi connectivity index (χ4v) is 3.10. The van der Waals surface area contributed by atoms with Gasteiger partial charge in [-0.1, -0.05) is 6.07 Å². The van der Waals surface area contributed by atoms with Crippen LogP contribution in [-0.2, 0) is 0 Å². The number of piperazine rings is 1. The molecule has 1 aliphatic heterocycles. The van der Waals surface area contributed by atoms with E-state index in [0.29, 0.717) is 11.6 Å². The van der Waals surface area contributed by atoms with E-state index in [0.717, 1.165) is 38.2 Å². The zero-order chi connectivity index (χ0) is 21.6. The SMILES string of the molecule is O=C(Nc1cnc(N2CCN(c3ccccn3)CC2)nc1)c1ccc(OC(F)F)nc1. The third-order valence-corrected chi connectivity index (χ3v) is 4.64. The quantitative estimate of drug-likeness (QED) is 0.641. The highest BCUT2D eigenvalue weighted by Gasteiger charge is 2.20. The number of alkyl halides is 2. The van der Waals surface area contributed by atoms with Crippen LogP contribution in [0.2, 0.25) is 0 Å². The molecule has 0 aromatic carbocycles. The second-order valence-electron chi connectivity index (χ2n) is 6.65. The van der Waals surface area contributed by atoms with Crippen molar-refractivity contribution >= 4 is 23.4 Å². The Kier molecular flexibility index (Phi) is 6.11. The largest absolute Gasteiger partial charge is 0.417 e. The van der Waals surface area contributed by atoms with Gasteiger partial charge >= 0.3 is 6.61 Å². The number of hydrogen-bond acceptors (Lipinski definition) is 8. The zero-order valence-electron chi connectivity index (χ0n) is 16.4. The van der Waals surface area contributed by atoms with Crippen LogP contribution in [0.1, 0.15) is 10.4 Å². The van der Waals surface area contributed by atoms with Gasteiger partial charge in [0.15, 0.2) is 0 Å². The minimum atomic E-state index is -2.97. The Morgan fingerprint density at radius 3 is 2.29 bits per heavy atom. The summed E-state index contributed by atoms with van der Waals surface area (Å²) >= 11 is 0. The topological polar surface area (TPSA) is 96.4 Å². The van der Waals surface area contributed by atoms with E-state index in [1.54, 1.807) is 6.20 Å². The molecule has 1 fully saturated rings. The molecule has 0 spiro atoms. The molecule has 0 aliphatic carbocycles. The molecule has 160 valence electrons. The first kappa shape index (κ1) is 20.4. The number of nitrogens with zero attached hydrogens (tertiary/aromatic N) is 6. The average Bonchev–Trinajstić information content (AvgIpc) is 2.80. The summed E-state index contributed by atoms with van der Waals surface area (Å²) in [5, 5.41) is 2.65. The fourth-order valence-electron chi connectivity index (χ4n) is 3.10. The van der Waals surface area contributed by atoms with E-state index in [2.05, 4.69) is 39.8 Å². The van der Waals surface area contributed by atoms with Crippen LogP contribution in [-0.4, -0.2) is 58.6 Å². The Bertz CT molecular complexity index is 996. The lowest BCUT2D eigenvalue weighted by Gasteiger charge is -2.35. The normalized spacial score (nSPS) is 13.9. The number of halogens is 2. The summed E-state index contributed by atoms with van der Waals surface area (Å²) < 4.78 is 28.5. The second kappa shape index (κ2) is 9.28. The van der Waals surface area contributed by atoms with Crippen molar-refractivity contribution in [1.29, 1.82) is 0 Å². The van der Waals surface area contributed by atoms with Gasteiger partial charge in [0.05, 0.1) is 23.6 Å². The van der Waals surface area contributed by atoms with Crippen molar-refractivity contribution in [2.24, 2.45) is 0 Å². The van der Waals surface area contributed by atoms with Crippen LogP contribution in [0, 0.1) is 0 Å². The molecule has 0 bridgehead atoms. The van der Waals surface area contributed by atoms with Crippen molar-refractivity contribution in [3.63, 3.8) is 0 Å². The number of anilines is 3. The Hall–Kier alpha value is -3.89. The summed E-state index contributed by atoms with van der Waals surface area (Å²) in [5.41, 5.74) is 0.602. The highest BCUT2D eigenvalue weighted by molar-refractivity contribution is 6.03. The predicted molar refractivity (Wildman–Crippen MR) is 110 cm³/mol. The second-order valence-corrected chi connectivity index (χ2v) is 6.65. The van der Waals surface area contributed by atoms with Crippen molar-refractivity contribution in [3.8, 4) is 5.88 Å². The fraction of sp³-hybridized carbons (Fsp3) is 0.250. The lowest BCUT2D eigenvalue weighted by Crippen LogP contribution is -2.47. The van der Waals surface area contributed by atoms with Gasteiger partial charge in [-0.25, -0.2) is 19.9 Å². The standard InChI is InChI=1S/C20H19F2N7O2/c21-19(22)31-17-5-4-14(11-24-17)18(30)27-15-12-25-20(26-13-15)29-9-7-28(8-10-29)16-3-1-2-6-23-16/h1-6,11-13,19H,7-10H2,(H,27,30). The minimum absolute atomic E-state index is 0.191. The lowest BCUT2D eigenvalue weighted by atomic mass is 10.2. The summed E-state index contributed by atoms with van der Waals surface area (Å²) in [6, 6.07) is 8.38. The Morgan fingerprint density at radius 2 is 1.68 bits per heavy atom. The van der Waals surface area contributed by atoms with Crippen LogP contribution in [0.4, 0.5) is 26.2 Å². The molecule has 3 aromatic rings. The van der Waals surface area contributed by atoms with E-state index >= 15 is 0 Å². The molecule has 4 heterocycles. The summed E-state index contributed by atoms with van der Waals surface area (Å²) in [4.78, 5) is 33.3. The number of amides is 1. The van der Waals surface area contributed by atoms with E-state index in [1.165, 1.54) is 24.5 Å². The molecule has 3 aromatic heterocycles. The number of carbonyl (C=O) groups excluding carboxylic acids is 1. The summed E-state index contributed by atoms with van der Waals surface area (Å²) in [7, 11) is 0. The number of nitrogens with one attached hydrogen (secondary N) is 1. The first-order valence-corrected chi connectivity index (χ1v) is 9.54. The summed E-state index contributed by atoms with van der Waals surface area (Å²) in [6.45, 7) is 0.136. The van der Waals surface area contributed by atoms with Crippen LogP contribution in [0.3, 0.4) is 0 Å². The van der Waals surface area contributed by atoms with Crippen LogP contribution in [0.25, 0.3) is 0 Å².